The second-order valence-electron chi connectivity index (χ2n) is 4.59. The van der Waals surface area contributed by atoms with E-state index in [1.165, 1.54) is 25.7 Å². The molecule has 2 aliphatic carbocycles. The lowest BCUT2D eigenvalue weighted by Crippen LogP contribution is -2.19. The molecule has 2 aliphatic rings. The van der Waals surface area contributed by atoms with Crippen LogP contribution in [-0.2, 0) is 4.79 Å². The summed E-state index contributed by atoms with van der Waals surface area (Å²) in [4.78, 5) is 13.7. The molecule has 0 amide bonds. The van der Waals surface area contributed by atoms with Gasteiger partial charge in [0.15, 0.2) is 0 Å². The van der Waals surface area contributed by atoms with Gasteiger partial charge in [0.1, 0.15) is 0 Å². The second-order valence-corrected chi connectivity index (χ2v) is 4.59. The predicted octanol–water partition coefficient (Wildman–Crippen LogP) is 2.39. The molecule has 2 nitrogen and oxygen atoms in total. The predicted molar refractivity (Wildman–Crippen MR) is 51.1 cm³/mol. The fourth-order valence-electron chi connectivity index (χ4n) is 3.39. The Hall–Kier alpha value is -0.620. The molecule has 0 heterocycles. The topological polar surface area (TPSA) is 29.4 Å². The average molecular weight is 179 g/mol. The Morgan fingerprint density at radius 1 is 1.23 bits per heavy atom. The first kappa shape index (κ1) is 8.96. The first-order valence-corrected chi connectivity index (χ1v) is 5.38. The molecule has 4 unspecified atom stereocenters. The summed E-state index contributed by atoms with van der Waals surface area (Å²) in [5, 5.41) is 0. The molecule has 0 N–H and O–H groups in total. The Kier molecular flexibility index (Phi) is 2.50. The number of carbonyl (C=O) groups excluding carboxylic acids is 1. The maximum Gasteiger partial charge on any atom is 0.234 e. The minimum atomic E-state index is 0.703. The molecule has 0 spiro atoms. The van der Waals surface area contributed by atoms with Gasteiger partial charge in [0.25, 0.3) is 0 Å². The fraction of sp³-hybridized carbons (Fsp3) is 0.909. The van der Waals surface area contributed by atoms with E-state index in [4.69, 9.17) is 0 Å². The zero-order valence-electron chi connectivity index (χ0n) is 8.20. The lowest BCUT2D eigenvalue weighted by atomic mass is 9.81. The van der Waals surface area contributed by atoms with Gasteiger partial charge in [0.05, 0.1) is 6.54 Å². The smallest absolute Gasteiger partial charge is 0.211 e. The summed E-state index contributed by atoms with van der Waals surface area (Å²) in [6.45, 7) is 3.03. The van der Waals surface area contributed by atoms with E-state index in [0.717, 1.165) is 24.3 Å². The lowest BCUT2D eigenvalue weighted by molar-refractivity contribution is 0.257. The summed E-state index contributed by atoms with van der Waals surface area (Å²) < 4.78 is 0. The van der Waals surface area contributed by atoms with Crippen LogP contribution in [0.4, 0.5) is 0 Å². The van der Waals surface area contributed by atoms with E-state index in [2.05, 4.69) is 11.9 Å². The maximum absolute atomic E-state index is 10.00. The van der Waals surface area contributed by atoms with Gasteiger partial charge in [-0.1, -0.05) is 13.3 Å². The van der Waals surface area contributed by atoms with Crippen LogP contribution in [0.15, 0.2) is 4.99 Å². The highest BCUT2D eigenvalue weighted by Gasteiger charge is 2.44. The van der Waals surface area contributed by atoms with Crippen molar-refractivity contribution in [1.29, 1.82) is 0 Å². The molecule has 0 saturated heterocycles. The van der Waals surface area contributed by atoms with E-state index in [0.29, 0.717) is 5.92 Å². The Morgan fingerprint density at radius 3 is 2.46 bits per heavy atom. The van der Waals surface area contributed by atoms with E-state index in [9.17, 15) is 4.79 Å². The quantitative estimate of drug-likeness (QED) is 0.483. The number of fused-ring (bicyclic) bond motifs is 2. The van der Waals surface area contributed by atoms with E-state index in [1.54, 1.807) is 6.08 Å². The molecule has 4 atom stereocenters. The van der Waals surface area contributed by atoms with E-state index < -0.39 is 0 Å². The van der Waals surface area contributed by atoms with Crippen LogP contribution < -0.4 is 0 Å². The molecule has 0 aromatic heterocycles. The van der Waals surface area contributed by atoms with Crippen LogP contribution in [0.5, 0.6) is 0 Å². The molecule has 0 radical (unpaired) electrons. The van der Waals surface area contributed by atoms with Gasteiger partial charge in [-0.25, -0.2) is 9.79 Å². The number of hydrogen-bond donors (Lipinski definition) is 0. The maximum atomic E-state index is 10.00. The largest absolute Gasteiger partial charge is 0.234 e. The van der Waals surface area contributed by atoms with E-state index in [1.807, 2.05) is 0 Å². The van der Waals surface area contributed by atoms with Crippen LogP contribution in [0.3, 0.4) is 0 Å². The van der Waals surface area contributed by atoms with Gasteiger partial charge < -0.3 is 0 Å². The molecule has 2 rings (SSSR count). The highest BCUT2D eigenvalue weighted by molar-refractivity contribution is 5.32. The van der Waals surface area contributed by atoms with Crippen molar-refractivity contribution < 1.29 is 4.79 Å². The molecule has 13 heavy (non-hydrogen) atoms. The van der Waals surface area contributed by atoms with Crippen molar-refractivity contribution in [2.45, 2.75) is 32.6 Å². The number of aliphatic imine (C=N–C) groups is 1. The van der Waals surface area contributed by atoms with Crippen molar-refractivity contribution in [2.24, 2.45) is 28.7 Å². The van der Waals surface area contributed by atoms with Crippen LogP contribution in [0, 0.1) is 23.7 Å². The molecule has 0 aliphatic heterocycles. The molecule has 72 valence electrons. The summed E-state index contributed by atoms with van der Waals surface area (Å²) >= 11 is 0. The van der Waals surface area contributed by atoms with Crippen molar-refractivity contribution in [3.05, 3.63) is 0 Å². The zero-order chi connectivity index (χ0) is 9.26. The summed E-state index contributed by atoms with van der Waals surface area (Å²) in [6.07, 6.45) is 7.10. The van der Waals surface area contributed by atoms with E-state index >= 15 is 0 Å². The average Bonchev–Trinajstić information content (AvgIpc) is 2.72. The van der Waals surface area contributed by atoms with Crippen LogP contribution in [-0.4, -0.2) is 12.6 Å². The minimum absolute atomic E-state index is 0.703. The molecule has 2 bridgehead atoms. The Bertz CT molecular complexity index is 232. The summed E-state index contributed by atoms with van der Waals surface area (Å²) in [6, 6.07) is 0. The molecule has 0 aromatic rings. The first-order valence-electron chi connectivity index (χ1n) is 5.38. The molecule has 2 saturated carbocycles. The summed E-state index contributed by atoms with van der Waals surface area (Å²) in [7, 11) is 0. The van der Waals surface area contributed by atoms with Crippen LogP contribution in [0.1, 0.15) is 32.6 Å². The zero-order valence-corrected chi connectivity index (χ0v) is 8.20. The van der Waals surface area contributed by atoms with Crippen LogP contribution in [0.25, 0.3) is 0 Å². The molecule has 0 aromatic carbocycles. The number of rotatable bonds is 3. The monoisotopic (exact) mass is 179 g/mol. The number of nitrogens with zero attached hydrogens (tertiary/aromatic N) is 1. The highest BCUT2D eigenvalue weighted by Crippen LogP contribution is 2.52. The first-order chi connectivity index (χ1) is 6.35. The van der Waals surface area contributed by atoms with Crippen LogP contribution in [0.2, 0.25) is 0 Å². The molecular formula is C11H17NO. The van der Waals surface area contributed by atoms with Crippen molar-refractivity contribution in [2.75, 3.05) is 6.54 Å². The highest BCUT2D eigenvalue weighted by atomic mass is 16.1. The normalized spacial score (nSPS) is 41.9. The summed E-state index contributed by atoms with van der Waals surface area (Å²) in [5.41, 5.74) is 0. The lowest BCUT2D eigenvalue weighted by Gasteiger charge is -2.25. The van der Waals surface area contributed by atoms with Crippen LogP contribution >= 0.6 is 0 Å². The summed E-state index contributed by atoms with van der Waals surface area (Å²) in [5.74, 6) is 3.49. The Morgan fingerprint density at radius 2 is 1.92 bits per heavy atom. The molecule has 2 fully saturated rings. The Labute approximate surface area is 79.4 Å². The van der Waals surface area contributed by atoms with Gasteiger partial charge >= 0.3 is 0 Å². The van der Waals surface area contributed by atoms with Gasteiger partial charge in [0, 0.05) is 0 Å². The van der Waals surface area contributed by atoms with Gasteiger partial charge in [-0.05, 0) is 42.9 Å². The third-order valence-electron chi connectivity index (χ3n) is 4.06. The second kappa shape index (κ2) is 3.63. The Balaban J connectivity index is 1.91. The third-order valence-corrected chi connectivity index (χ3v) is 4.06. The van der Waals surface area contributed by atoms with Gasteiger partial charge in [-0.3, -0.25) is 0 Å². The van der Waals surface area contributed by atoms with Gasteiger partial charge in [-0.2, -0.15) is 0 Å². The fourth-order valence-corrected chi connectivity index (χ4v) is 3.39. The van der Waals surface area contributed by atoms with Crippen molar-refractivity contribution >= 4 is 6.08 Å². The standard InChI is InChI=1S/C11H17NO/c1-2-8-3-10-4-9(8)5-11(10)6-12-7-13/h8-11H,2-6H2,1H3. The molecular weight excluding hydrogens is 162 g/mol. The minimum Gasteiger partial charge on any atom is -0.211 e. The number of isocyanates is 1. The van der Waals surface area contributed by atoms with Crippen molar-refractivity contribution in [1.82, 2.24) is 0 Å². The van der Waals surface area contributed by atoms with Gasteiger partial charge in [-0.15, -0.1) is 0 Å². The van der Waals surface area contributed by atoms with Gasteiger partial charge in [0.2, 0.25) is 6.08 Å². The van der Waals surface area contributed by atoms with Crippen molar-refractivity contribution in [3.8, 4) is 0 Å². The SMILES string of the molecule is CCC1CC2CC1CC2CN=C=O. The van der Waals surface area contributed by atoms with Crippen molar-refractivity contribution in [3.63, 3.8) is 0 Å². The third kappa shape index (κ3) is 1.55. The van der Waals surface area contributed by atoms with E-state index in [-0.39, 0.29) is 0 Å². The molecule has 2 heteroatoms. The number of hydrogen-bond acceptors (Lipinski definition) is 2.